The average molecular weight is 488 g/mol. The van der Waals surface area contributed by atoms with Crippen LogP contribution in [0.3, 0.4) is 0 Å². The number of hydrogen-bond acceptors (Lipinski definition) is 9. The molecule has 0 unspecified atom stereocenters. The third-order valence-electron chi connectivity index (χ3n) is 3.97. The highest BCUT2D eigenvalue weighted by atomic mass is 79.9. The van der Waals surface area contributed by atoms with Gasteiger partial charge >= 0.3 is 5.88 Å². The summed E-state index contributed by atoms with van der Waals surface area (Å²) < 4.78 is 12.1. The fourth-order valence-corrected chi connectivity index (χ4v) is 3.56. The summed E-state index contributed by atoms with van der Waals surface area (Å²) in [6, 6.07) is 8.49. The Balaban J connectivity index is 1.69. The lowest BCUT2D eigenvalue weighted by molar-refractivity contribution is -0.402. The third kappa shape index (κ3) is 4.36. The summed E-state index contributed by atoms with van der Waals surface area (Å²) in [5.74, 6) is 0.962. The first-order valence-electron chi connectivity index (χ1n) is 8.67. The maximum Gasteiger partial charge on any atom is 0.433 e. The molecule has 0 fully saturated rings. The number of halogens is 1. The van der Waals surface area contributed by atoms with Crippen LogP contribution in [0.1, 0.15) is 5.76 Å². The van der Waals surface area contributed by atoms with Gasteiger partial charge in [0, 0.05) is 21.5 Å². The number of rotatable bonds is 6. The molecule has 1 aromatic carbocycles. The number of anilines is 1. The van der Waals surface area contributed by atoms with Gasteiger partial charge in [0.2, 0.25) is 11.0 Å². The molecule has 30 heavy (non-hydrogen) atoms. The highest BCUT2D eigenvalue weighted by Crippen LogP contribution is 2.38. The van der Waals surface area contributed by atoms with Gasteiger partial charge in [-0.25, -0.2) is 0 Å². The molecule has 11 heteroatoms. The summed E-state index contributed by atoms with van der Waals surface area (Å²) in [7, 11) is 0. The summed E-state index contributed by atoms with van der Waals surface area (Å²) in [6.45, 7) is 3.69. The second-order valence-electron chi connectivity index (χ2n) is 6.01. The van der Waals surface area contributed by atoms with Crippen molar-refractivity contribution in [3.63, 3.8) is 0 Å². The predicted octanol–water partition coefficient (Wildman–Crippen LogP) is 4.92. The van der Waals surface area contributed by atoms with Crippen LogP contribution in [0.5, 0.6) is 5.88 Å². The zero-order chi connectivity index (χ0) is 21.1. The van der Waals surface area contributed by atoms with Gasteiger partial charge in [0.1, 0.15) is 10.7 Å². The number of furan rings is 1. The van der Waals surface area contributed by atoms with E-state index in [1.54, 1.807) is 18.2 Å². The van der Waals surface area contributed by atoms with Gasteiger partial charge in [0.25, 0.3) is 0 Å². The monoisotopic (exact) mass is 487 g/mol. The summed E-state index contributed by atoms with van der Waals surface area (Å²) in [6.07, 6.45) is 4.41. The standard InChI is InChI=1S/C19H14BrN5O4S/c1-2-9-30-19-22-18-17(23-24-19)13-10-11(20)3-6-14(13)21-15(29-18)7-4-12-5-8-16(28-12)25(26)27/h2-8,10,15,21H,1,9H2/b7-4+/t15-/m1/s1. The molecular formula is C19H14BrN5O4S. The fraction of sp³-hybridized carbons (Fsp3) is 0.105. The van der Waals surface area contributed by atoms with Crippen LogP contribution in [-0.2, 0) is 0 Å². The number of nitrogens with zero attached hydrogens (tertiary/aromatic N) is 4. The van der Waals surface area contributed by atoms with Gasteiger partial charge in [-0.1, -0.05) is 33.8 Å². The van der Waals surface area contributed by atoms with E-state index < -0.39 is 11.2 Å². The maximum atomic E-state index is 10.8. The quantitative estimate of drug-likeness (QED) is 0.223. The molecule has 0 saturated carbocycles. The Bertz CT molecular complexity index is 1150. The van der Waals surface area contributed by atoms with Gasteiger partial charge in [0.05, 0.1) is 6.07 Å². The molecule has 1 N–H and O–H groups in total. The number of nitrogens with one attached hydrogen (secondary N) is 1. The van der Waals surface area contributed by atoms with Crippen molar-refractivity contribution < 1.29 is 14.1 Å². The number of thioether (sulfide) groups is 1. The van der Waals surface area contributed by atoms with Gasteiger partial charge in [-0.3, -0.25) is 10.1 Å². The first-order chi connectivity index (χ1) is 14.5. The molecule has 3 heterocycles. The minimum absolute atomic E-state index is 0.320. The van der Waals surface area contributed by atoms with Crippen LogP contribution < -0.4 is 10.1 Å². The highest BCUT2D eigenvalue weighted by molar-refractivity contribution is 9.10. The van der Waals surface area contributed by atoms with E-state index in [4.69, 9.17) is 9.15 Å². The van der Waals surface area contributed by atoms with Crippen molar-refractivity contribution in [1.82, 2.24) is 15.2 Å². The molecule has 1 aliphatic heterocycles. The van der Waals surface area contributed by atoms with E-state index in [9.17, 15) is 10.1 Å². The van der Waals surface area contributed by atoms with E-state index in [1.165, 1.54) is 23.9 Å². The van der Waals surface area contributed by atoms with Crippen molar-refractivity contribution in [2.75, 3.05) is 11.1 Å². The Hall–Kier alpha value is -3.18. The number of ether oxygens (including phenoxy) is 1. The van der Waals surface area contributed by atoms with Gasteiger partial charge < -0.3 is 14.5 Å². The minimum atomic E-state index is -0.621. The largest absolute Gasteiger partial charge is 0.448 e. The summed E-state index contributed by atoms with van der Waals surface area (Å²) in [4.78, 5) is 14.7. The molecule has 2 aromatic heterocycles. The lowest BCUT2D eigenvalue weighted by Gasteiger charge is -2.15. The van der Waals surface area contributed by atoms with Crippen molar-refractivity contribution in [1.29, 1.82) is 0 Å². The van der Waals surface area contributed by atoms with Crippen molar-refractivity contribution >= 4 is 45.3 Å². The fourth-order valence-electron chi connectivity index (χ4n) is 2.68. The van der Waals surface area contributed by atoms with E-state index in [2.05, 4.69) is 43.0 Å². The van der Waals surface area contributed by atoms with Crippen molar-refractivity contribution in [2.24, 2.45) is 0 Å². The first kappa shape index (κ1) is 20.1. The summed E-state index contributed by atoms with van der Waals surface area (Å²) >= 11 is 4.87. The van der Waals surface area contributed by atoms with Crippen molar-refractivity contribution in [3.8, 4) is 17.1 Å². The molecule has 3 aromatic rings. The highest BCUT2D eigenvalue weighted by Gasteiger charge is 2.24. The molecule has 0 saturated heterocycles. The molecule has 1 aliphatic rings. The van der Waals surface area contributed by atoms with Crippen molar-refractivity contribution in [2.45, 2.75) is 11.4 Å². The SMILES string of the molecule is C=CCSc1nnc2c(n1)O[C@H](/C=C/c1ccc([N+](=O)[O-])o1)Nc1ccc(Br)cc1-2. The Morgan fingerprint density at radius 3 is 2.97 bits per heavy atom. The molecule has 0 radical (unpaired) electrons. The molecule has 4 rings (SSSR count). The van der Waals surface area contributed by atoms with E-state index >= 15 is 0 Å². The molecular weight excluding hydrogens is 474 g/mol. The zero-order valence-electron chi connectivity index (χ0n) is 15.3. The van der Waals surface area contributed by atoms with Gasteiger partial charge in [-0.15, -0.1) is 16.8 Å². The molecule has 0 spiro atoms. The van der Waals surface area contributed by atoms with Crippen LogP contribution in [0.15, 0.2) is 63.1 Å². The third-order valence-corrected chi connectivity index (χ3v) is 5.29. The lowest BCUT2D eigenvalue weighted by Crippen LogP contribution is -2.23. The van der Waals surface area contributed by atoms with E-state index in [0.29, 0.717) is 28.2 Å². The van der Waals surface area contributed by atoms with Crippen molar-refractivity contribution in [3.05, 3.63) is 69.4 Å². The van der Waals surface area contributed by atoms with Crippen LogP contribution in [0.25, 0.3) is 17.3 Å². The lowest BCUT2D eigenvalue weighted by atomic mass is 10.1. The Labute approximate surface area is 183 Å². The number of fused-ring (bicyclic) bond motifs is 3. The van der Waals surface area contributed by atoms with Gasteiger partial charge in [0.15, 0.2) is 11.9 Å². The normalized spacial score (nSPS) is 14.9. The minimum Gasteiger partial charge on any atom is -0.448 e. The van der Waals surface area contributed by atoms with Crippen LogP contribution >= 0.6 is 27.7 Å². The molecule has 0 amide bonds. The maximum absolute atomic E-state index is 10.8. The Kier molecular flexibility index (Phi) is 5.81. The molecule has 152 valence electrons. The van der Waals surface area contributed by atoms with Crippen LogP contribution in [0, 0.1) is 10.1 Å². The molecule has 9 nitrogen and oxygen atoms in total. The van der Waals surface area contributed by atoms with E-state index in [0.717, 1.165) is 15.7 Å². The number of nitro groups is 1. The molecule has 0 aliphatic carbocycles. The first-order valence-corrected chi connectivity index (χ1v) is 10.5. The molecule has 0 bridgehead atoms. The smallest absolute Gasteiger partial charge is 0.433 e. The topological polar surface area (TPSA) is 116 Å². The second kappa shape index (κ2) is 8.67. The average Bonchev–Trinajstić information content (AvgIpc) is 3.15. The molecule has 1 atom stereocenters. The van der Waals surface area contributed by atoms with E-state index in [1.807, 2.05) is 18.2 Å². The van der Waals surface area contributed by atoms with Gasteiger partial charge in [-0.05, 0) is 36.4 Å². The van der Waals surface area contributed by atoms with Crippen LogP contribution in [0.4, 0.5) is 11.6 Å². The Morgan fingerprint density at radius 1 is 1.33 bits per heavy atom. The number of hydrogen-bond donors (Lipinski definition) is 1. The summed E-state index contributed by atoms with van der Waals surface area (Å²) in [5.41, 5.74) is 2.06. The zero-order valence-corrected chi connectivity index (χ0v) is 17.7. The summed E-state index contributed by atoms with van der Waals surface area (Å²) in [5, 5.41) is 23.0. The Morgan fingerprint density at radius 2 is 2.20 bits per heavy atom. The second-order valence-corrected chi connectivity index (χ2v) is 7.92. The van der Waals surface area contributed by atoms with Crippen LogP contribution in [0.2, 0.25) is 0 Å². The van der Waals surface area contributed by atoms with E-state index in [-0.39, 0.29) is 5.88 Å². The number of aromatic nitrogens is 3. The van der Waals surface area contributed by atoms with Gasteiger partial charge in [-0.2, -0.15) is 4.98 Å². The number of benzene rings is 1. The predicted molar refractivity (Wildman–Crippen MR) is 116 cm³/mol. The van der Waals surface area contributed by atoms with Crippen LogP contribution in [-0.4, -0.2) is 32.1 Å².